The van der Waals surface area contributed by atoms with E-state index in [1.54, 1.807) is 22.9 Å². The van der Waals surface area contributed by atoms with E-state index in [4.69, 9.17) is 4.74 Å². The molecule has 1 heterocycles. The van der Waals surface area contributed by atoms with Gasteiger partial charge in [0, 0.05) is 25.0 Å². The van der Waals surface area contributed by atoms with E-state index >= 15 is 0 Å². The summed E-state index contributed by atoms with van der Waals surface area (Å²) < 4.78 is 6.54. The minimum atomic E-state index is -0.331. The number of ether oxygens (including phenoxy) is 1. The van der Waals surface area contributed by atoms with Crippen LogP contribution in [0.3, 0.4) is 0 Å². The summed E-state index contributed by atoms with van der Waals surface area (Å²) in [5.41, 5.74) is 2.00. The Morgan fingerprint density at radius 2 is 1.85 bits per heavy atom. The van der Waals surface area contributed by atoms with Crippen LogP contribution in [0.2, 0.25) is 0 Å². The summed E-state index contributed by atoms with van der Waals surface area (Å²) in [6.07, 6.45) is 0. The van der Waals surface area contributed by atoms with E-state index in [-0.39, 0.29) is 18.5 Å². The number of hydrogen-bond donors (Lipinski definition) is 3. The number of aryl methyl sites for hydroxylation is 2. The Morgan fingerprint density at radius 3 is 2.46 bits per heavy atom. The number of amides is 3. The Balaban J connectivity index is 1.90. The number of carbonyl (C=O) groups excluding carboxylic acids is 2. The highest BCUT2D eigenvalue weighted by Crippen LogP contribution is 2.23. The second-order valence-corrected chi connectivity index (χ2v) is 5.77. The summed E-state index contributed by atoms with van der Waals surface area (Å²) in [5.74, 6) is 1.26. The van der Waals surface area contributed by atoms with Gasteiger partial charge in [0.1, 0.15) is 18.3 Å². The summed E-state index contributed by atoms with van der Waals surface area (Å²) in [7, 11) is 1.46. The van der Waals surface area contributed by atoms with Gasteiger partial charge in [-0.05, 0) is 38.5 Å². The van der Waals surface area contributed by atoms with Crippen molar-refractivity contribution in [3.8, 4) is 0 Å². The maximum atomic E-state index is 12.1. The number of rotatable bonds is 7. The zero-order valence-electron chi connectivity index (χ0n) is 15.4. The third-order valence-corrected chi connectivity index (χ3v) is 3.70. The van der Waals surface area contributed by atoms with Crippen LogP contribution >= 0.6 is 0 Å². The number of nitrogens with one attached hydrogen (secondary N) is 3. The van der Waals surface area contributed by atoms with Crippen molar-refractivity contribution in [2.45, 2.75) is 27.3 Å². The number of benzene rings is 1. The molecule has 0 radical (unpaired) electrons. The van der Waals surface area contributed by atoms with Crippen LogP contribution in [0.1, 0.15) is 17.2 Å². The molecule has 0 aliphatic rings. The number of nitrogens with zero attached hydrogens (tertiary/aromatic N) is 3. The van der Waals surface area contributed by atoms with Gasteiger partial charge in [0.05, 0.1) is 6.54 Å². The maximum Gasteiger partial charge on any atom is 0.319 e. The van der Waals surface area contributed by atoms with E-state index < -0.39 is 0 Å². The number of hydrogen-bond acceptors (Lipinski definition) is 5. The highest BCUT2D eigenvalue weighted by atomic mass is 16.5. The van der Waals surface area contributed by atoms with Crippen LogP contribution in [0.15, 0.2) is 18.2 Å². The Hall–Kier alpha value is -2.94. The molecule has 9 nitrogen and oxygen atoms in total. The molecule has 2 rings (SSSR count). The first-order chi connectivity index (χ1) is 12.4. The lowest BCUT2D eigenvalue weighted by molar-refractivity contribution is -0.119. The number of carbonyl (C=O) groups is 2. The van der Waals surface area contributed by atoms with Gasteiger partial charge in [-0.2, -0.15) is 5.10 Å². The molecule has 0 unspecified atom stereocenters. The van der Waals surface area contributed by atoms with Crippen molar-refractivity contribution in [2.24, 2.45) is 0 Å². The molecular weight excluding hydrogens is 336 g/mol. The first-order valence-electron chi connectivity index (χ1n) is 8.22. The Kier molecular flexibility index (Phi) is 6.67. The fraction of sp³-hybridized carbons (Fsp3) is 0.412. The van der Waals surface area contributed by atoms with E-state index in [0.717, 1.165) is 11.4 Å². The van der Waals surface area contributed by atoms with Crippen molar-refractivity contribution in [2.75, 3.05) is 30.9 Å². The number of urea groups is 1. The lowest BCUT2D eigenvalue weighted by atomic mass is 10.1. The second-order valence-electron chi connectivity index (χ2n) is 5.77. The third kappa shape index (κ3) is 5.28. The molecule has 140 valence electrons. The van der Waals surface area contributed by atoms with Gasteiger partial charge in [-0.25, -0.2) is 14.5 Å². The summed E-state index contributed by atoms with van der Waals surface area (Å²) in [6.45, 7) is 6.43. The molecule has 0 saturated carbocycles. The van der Waals surface area contributed by atoms with Gasteiger partial charge in [-0.1, -0.05) is 6.07 Å². The van der Waals surface area contributed by atoms with Crippen LogP contribution in [0, 0.1) is 20.8 Å². The van der Waals surface area contributed by atoms with Gasteiger partial charge in [-0.15, -0.1) is 0 Å². The zero-order chi connectivity index (χ0) is 19.1. The first kappa shape index (κ1) is 19.4. The van der Waals surface area contributed by atoms with Gasteiger partial charge in [0.2, 0.25) is 5.91 Å². The zero-order valence-corrected chi connectivity index (χ0v) is 15.4. The summed E-state index contributed by atoms with van der Waals surface area (Å²) in [6, 6.07) is 4.96. The minimum Gasteiger partial charge on any atom is -0.375 e. The molecule has 3 N–H and O–H groups in total. The van der Waals surface area contributed by atoms with Gasteiger partial charge >= 0.3 is 6.03 Å². The Labute approximate surface area is 152 Å². The molecule has 0 spiro atoms. The highest BCUT2D eigenvalue weighted by Gasteiger charge is 2.10. The van der Waals surface area contributed by atoms with Crippen LogP contribution in [0.4, 0.5) is 16.2 Å². The molecule has 0 fully saturated rings. The van der Waals surface area contributed by atoms with Gasteiger partial charge < -0.3 is 20.7 Å². The second kappa shape index (κ2) is 8.95. The molecule has 0 aliphatic carbocycles. The predicted molar refractivity (Wildman–Crippen MR) is 98.2 cm³/mol. The predicted octanol–water partition coefficient (Wildman–Crippen LogP) is 1.61. The summed E-state index contributed by atoms with van der Waals surface area (Å²) in [5, 5.41) is 12.5. The van der Waals surface area contributed by atoms with Gasteiger partial charge in [0.15, 0.2) is 0 Å². The Bertz CT molecular complexity index is 787. The lowest BCUT2D eigenvalue weighted by Gasteiger charge is -2.14. The monoisotopic (exact) mass is 360 g/mol. The average Bonchev–Trinajstić information content (AvgIpc) is 2.89. The molecule has 3 amide bonds. The molecule has 0 atom stereocenters. The summed E-state index contributed by atoms with van der Waals surface area (Å²) >= 11 is 0. The standard InChI is InChI=1S/C17H24N6O3/c1-11-14(20-16(24)10-26-4)6-5-7-15(11)21-17(25)18-8-9-23-13(3)19-12(2)22-23/h5-7H,8-10H2,1-4H3,(H,20,24)(H2,18,21,25). The molecule has 0 saturated heterocycles. The first-order valence-corrected chi connectivity index (χ1v) is 8.22. The van der Waals surface area contributed by atoms with Crippen molar-refractivity contribution >= 4 is 23.3 Å². The number of anilines is 2. The SMILES string of the molecule is COCC(=O)Nc1cccc(NC(=O)NCCn2nc(C)nc2C)c1C. The van der Waals surface area contributed by atoms with Crippen molar-refractivity contribution in [1.29, 1.82) is 0 Å². The van der Waals surface area contributed by atoms with E-state index in [9.17, 15) is 9.59 Å². The maximum absolute atomic E-state index is 12.1. The normalized spacial score (nSPS) is 10.5. The molecule has 2 aromatic rings. The van der Waals surface area contributed by atoms with Crippen molar-refractivity contribution in [3.63, 3.8) is 0 Å². The Morgan fingerprint density at radius 1 is 1.15 bits per heavy atom. The summed E-state index contributed by atoms with van der Waals surface area (Å²) in [4.78, 5) is 28.0. The van der Waals surface area contributed by atoms with Crippen LogP contribution in [0.25, 0.3) is 0 Å². The third-order valence-electron chi connectivity index (χ3n) is 3.70. The molecule has 26 heavy (non-hydrogen) atoms. The molecule has 0 bridgehead atoms. The molecule has 0 aliphatic heterocycles. The fourth-order valence-corrected chi connectivity index (χ4v) is 2.44. The highest BCUT2D eigenvalue weighted by molar-refractivity contribution is 5.95. The van der Waals surface area contributed by atoms with Crippen molar-refractivity contribution in [3.05, 3.63) is 35.4 Å². The topological polar surface area (TPSA) is 110 Å². The largest absolute Gasteiger partial charge is 0.375 e. The van der Waals surface area contributed by atoms with Crippen LogP contribution in [-0.4, -0.2) is 47.0 Å². The molecule has 1 aromatic carbocycles. The van der Waals surface area contributed by atoms with Crippen LogP contribution < -0.4 is 16.0 Å². The number of aromatic nitrogens is 3. The van der Waals surface area contributed by atoms with E-state index in [1.165, 1.54) is 7.11 Å². The minimum absolute atomic E-state index is 0.0290. The smallest absolute Gasteiger partial charge is 0.319 e. The molecule has 1 aromatic heterocycles. The van der Waals surface area contributed by atoms with Crippen molar-refractivity contribution in [1.82, 2.24) is 20.1 Å². The van der Waals surface area contributed by atoms with E-state index in [1.807, 2.05) is 20.8 Å². The van der Waals surface area contributed by atoms with Gasteiger partial charge in [0.25, 0.3) is 0 Å². The van der Waals surface area contributed by atoms with Crippen LogP contribution in [-0.2, 0) is 16.1 Å². The number of methoxy groups -OCH3 is 1. The quantitative estimate of drug-likeness (QED) is 0.695. The van der Waals surface area contributed by atoms with E-state index in [2.05, 4.69) is 26.0 Å². The van der Waals surface area contributed by atoms with Gasteiger partial charge in [-0.3, -0.25) is 4.79 Å². The van der Waals surface area contributed by atoms with Crippen LogP contribution in [0.5, 0.6) is 0 Å². The molecular formula is C17H24N6O3. The van der Waals surface area contributed by atoms with E-state index in [0.29, 0.717) is 30.3 Å². The van der Waals surface area contributed by atoms with Crippen molar-refractivity contribution < 1.29 is 14.3 Å². The molecule has 9 heteroatoms. The average molecular weight is 360 g/mol. The fourth-order valence-electron chi connectivity index (χ4n) is 2.44. The lowest BCUT2D eigenvalue weighted by Crippen LogP contribution is -2.32.